The van der Waals surface area contributed by atoms with Gasteiger partial charge in [0.25, 0.3) is 0 Å². The molecular weight excluding hydrogens is 394 g/mol. The van der Waals surface area contributed by atoms with Crippen molar-refractivity contribution < 1.29 is 18.3 Å². The molecule has 3 saturated carbocycles. The van der Waals surface area contributed by atoms with Gasteiger partial charge in [0.1, 0.15) is 0 Å². The van der Waals surface area contributed by atoms with Gasteiger partial charge in [-0.15, -0.1) is 0 Å². The smallest absolute Gasteiger partial charge is 0.200 e. The minimum atomic E-state index is -0.835. The highest BCUT2D eigenvalue weighted by atomic mass is 19.2. The number of hydrogen-bond donors (Lipinski definition) is 0. The van der Waals surface area contributed by atoms with Crippen molar-refractivity contribution in [2.24, 2.45) is 23.7 Å². The van der Waals surface area contributed by atoms with Gasteiger partial charge in [0.2, 0.25) is 5.82 Å². The standard InChI is InChI=1S/C27H40F2O2/c1-3-5-18-8-12-23-20(9-13-22(18)23)17-31-21-10-6-19(7-11-21)24-14-15-25(30-16-4-2)27(29)26(24)28/h14-15,18-23H,3-13,16-17H2,1-2H3. The summed E-state index contributed by atoms with van der Waals surface area (Å²) < 4.78 is 40.7. The van der Waals surface area contributed by atoms with Crippen LogP contribution in [0.15, 0.2) is 12.1 Å². The summed E-state index contributed by atoms with van der Waals surface area (Å²) in [7, 11) is 0. The van der Waals surface area contributed by atoms with Crippen LogP contribution in [0, 0.1) is 35.3 Å². The van der Waals surface area contributed by atoms with E-state index in [-0.39, 0.29) is 17.8 Å². The molecule has 3 aliphatic carbocycles. The quantitative estimate of drug-likeness (QED) is 0.397. The van der Waals surface area contributed by atoms with E-state index in [4.69, 9.17) is 9.47 Å². The number of halogens is 2. The molecule has 0 radical (unpaired) electrons. The number of fused-ring (bicyclic) bond motifs is 1. The fraction of sp³-hybridized carbons (Fsp3) is 0.778. The Labute approximate surface area is 187 Å². The van der Waals surface area contributed by atoms with E-state index in [1.807, 2.05) is 6.92 Å². The minimum absolute atomic E-state index is 0.0306. The molecule has 1 aromatic rings. The molecule has 2 nitrogen and oxygen atoms in total. The molecular formula is C27H40F2O2. The molecule has 4 unspecified atom stereocenters. The predicted octanol–water partition coefficient (Wildman–Crippen LogP) is 7.65. The van der Waals surface area contributed by atoms with Crippen LogP contribution < -0.4 is 4.74 Å². The lowest BCUT2D eigenvalue weighted by molar-refractivity contribution is -0.00340. The van der Waals surface area contributed by atoms with Gasteiger partial charge in [-0.1, -0.05) is 32.8 Å². The highest BCUT2D eigenvalue weighted by Gasteiger charge is 2.44. The fourth-order valence-corrected chi connectivity index (χ4v) is 6.76. The normalized spacial score (nSPS) is 32.9. The molecule has 0 N–H and O–H groups in total. The number of benzene rings is 1. The van der Waals surface area contributed by atoms with Crippen LogP contribution in [0.25, 0.3) is 0 Å². The monoisotopic (exact) mass is 434 g/mol. The van der Waals surface area contributed by atoms with Crippen molar-refractivity contribution in [3.05, 3.63) is 29.3 Å². The Morgan fingerprint density at radius 1 is 0.806 bits per heavy atom. The molecule has 4 rings (SSSR count). The predicted molar refractivity (Wildman–Crippen MR) is 120 cm³/mol. The number of ether oxygens (including phenoxy) is 2. The molecule has 0 aromatic heterocycles. The van der Waals surface area contributed by atoms with Gasteiger partial charge >= 0.3 is 0 Å². The Balaban J connectivity index is 1.25. The van der Waals surface area contributed by atoms with Gasteiger partial charge in [-0.3, -0.25) is 0 Å². The first-order chi connectivity index (χ1) is 15.1. The average Bonchev–Trinajstić information content (AvgIpc) is 3.37. The molecule has 4 heteroatoms. The molecule has 31 heavy (non-hydrogen) atoms. The first-order valence-corrected chi connectivity index (χ1v) is 12.8. The zero-order chi connectivity index (χ0) is 21.8. The van der Waals surface area contributed by atoms with Crippen molar-refractivity contribution in [1.82, 2.24) is 0 Å². The average molecular weight is 435 g/mol. The molecule has 0 spiro atoms. The topological polar surface area (TPSA) is 18.5 Å². The van der Waals surface area contributed by atoms with Gasteiger partial charge < -0.3 is 9.47 Å². The lowest BCUT2D eigenvalue weighted by atomic mass is 9.82. The summed E-state index contributed by atoms with van der Waals surface area (Å²) >= 11 is 0. The second kappa shape index (κ2) is 10.6. The molecule has 1 aromatic carbocycles. The fourth-order valence-electron chi connectivity index (χ4n) is 6.76. The molecule has 0 bridgehead atoms. The molecule has 3 fully saturated rings. The van der Waals surface area contributed by atoms with Gasteiger partial charge in [-0.2, -0.15) is 4.39 Å². The van der Waals surface area contributed by atoms with E-state index in [0.717, 1.165) is 62.4 Å². The minimum Gasteiger partial charge on any atom is -0.490 e. The summed E-state index contributed by atoms with van der Waals surface area (Å²) in [4.78, 5) is 0. The van der Waals surface area contributed by atoms with Crippen molar-refractivity contribution >= 4 is 0 Å². The van der Waals surface area contributed by atoms with Gasteiger partial charge in [0.05, 0.1) is 19.3 Å². The van der Waals surface area contributed by atoms with E-state index >= 15 is 0 Å². The van der Waals surface area contributed by atoms with Crippen molar-refractivity contribution in [2.75, 3.05) is 13.2 Å². The highest BCUT2D eigenvalue weighted by molar-refractivity contribution is 5.33. The van der Waals surface area contributed by atoms with Crippen molar-refractivity contribution in [3.8, 4) is 5.75 Å². The molecule has 4 atom stereocenters. The third kappa shape index (κ3) is 5.10. The van der Waals surface area contributed by atoms with E-state index in [2.05, 4.69) is 6.92 Å². The largest absolute Gasteiger partial charge is 0.490 e. The number of rotatable bonds is 9. The maximum atomic E-state index is 14.6. The van der Waals surface area contributed by atoms with Crippen molar-refractivity contribution in [3.63, 3.8) is 0 Å². The first kappa shape index (κ1) is 23.0. The second-order valence-electron chi connectivity index (χ2n) is 10.2. The maximum Gasteiger partial charge on any atom is 0.200 e. The van der Waals surface area contributed by atoms with Crippen LogP contribution in [-0.2, 0) is 4.74 Å². The highest BCUT2D eigenvalue weighted by Crippen LogP contribution is 2.52. The van der Waals surface area contributed by atoms with Crippen LogP contribution in [-0.4, -0.2) is 19.3 Å². The zero-order valence-electron chi connectivity index (χ0n) is 19.4. The lowest BCUT2D eigenvalue weighted by Gasteiger charge is -2.30. The Kier molecular flexibility index (Phi) is 7.90. The zero-order valence-corrected chi connectivity index (χ0v) is 19.4. The van der Waals surface area contributed by atoms with E-state index in [0.29, 0.717) is 12.2 Å². The van der Waals surface area contributed by atoms with Gasteiger partial charge in [-0.25, -0.2) is 4.39 Å². The Morgan fingerprint density at radius 3 is 2.23 bits per heavy atom. The first-order valence-electron chi connectivity index (χ1n) is 12.8. The molecule has 0 heterocycles. The number of hydrogen-bond acceptors (Lipinski definition) is 2. The van der Waals surface area contributed by atoms with Crippen molar-refractivity contribution in [2.45, 2.75) is 96.5 Å². The molecule has 174 valence electrons. The summed E-state index contributed by atoms with van der Waals surface area (Å²) in [5, 5.41) is 0. The summed E-state index contributed by atoms with van der Waals surface area (Å²) in [6.07, 6.45) is 13.0. The molecule has 0 amide bonds. The SMILES string of the molecule is CCCOc1ccc(C2CCC(OCC3CCC4C(CCC)CCC34)CC2)c(F)c1F. The second-order valence-corrected chi connectivity index (χ2v) is 10.2. The van der Waals surface area contributed by atoms with E-state index in [1.54, 1.807) is 12.1 Å². The van der Waals surface area contributed by atoms with Crippen LogP contribution in [0.4, 0.5) is 8.78 Å². The Hall–Kier alpha value is -1.16. The van der Waals surface area contributed by atoms with E-state index < -0.39 is 11.6 Å². The molecule has 3 aliphatic rings. The van der Waals surface area contributed by atoms with E-state index in [9.17, 15) is 8.78 Å². The maximum absolute atomic E-state index is 14.6. The Bertz CT molecular complexity index is 713. The lowest BCUT2D eigenvalue weighted by Crippen LogP contribution is -2.25. The summed E-state index contributed by atoms with van der Waals surface area (Å²) in [5.41, 5.74) is 0.506. The van der Waals surface area contributed by atoms with E-state index in [1.165, 1.54) is 38.5 Å². The van der Waals surface area contributed by atoms with Gasteiger partial charge in [-0.05, 0) is 99.0 Å². The van der Waals surface area contributed by atoms with Crippen LogP contribution in [0.5, 0.6) is 5.75 Å². The molecule has 0 saturated heterocycles. The Morgan fingerprint density at radius 2 is 1.52 bits per heavy atom. The summed E-state index contributed by atoms with van der Waals surface area (Å²) in [6.45, 7) is 5.57. The third-order valence-electron chi connectivity index (χ3n) is 8.36. The third-order valence-corrected chi connectivity index (χ3v) is 8.36. The van der Waals surface area contributed by atoms with Crippen LogP contribution >= 0.6 is 0 Å². The van der Waals surface area contributed by atoms with Crippen LogP contribution in [0.3, 0.4) is 0 Å². The van der Waals surface area contributed by atoms with Crippen LogP contribution in [0.1, 0.15) is 96.0 Å². The summed E-state index contributed by atoms with van der Waals surface area (Å²) in [5.74, 6) is 2.09. The molecule has 0 aliphatic heterocycles. The van der Waals surface area contributed by atoms with Crippen LogP contribution in [0.2, 0.25) is 0 Å². The summed E-state index contributed by atoms with van der Waals surface area (Å²) in [6, 6.07) is 3.32. The van der Waals surface area contributed by atoms with Gasteiger partial charge in [0.15, 0.2) is 11.6 Å². The van der Waals surface area contributed by atoms with Gasteiger partial charge in [0, 0.05) is 0 Å². The van der Waals surface area contributed by atoms with Crippen molar-refractivity contribution in [1.29, 1.82) is 0 Å².